The van der Waals surface area contributed by atoms with Gasteiger partial charge in [0, 0.05) is 20.2 Å². The van der Waals surface area contributed by atoms with Crippen LogP contribution in [-0.4, -0.2) is 35.9 Å². The highest BCUT2D eigenvalue weighted by Crippen LogP contribution is 2.35. The standard InChI is InChI=1S/C12H14F3N3O3/c1-7(11(19)17(2)3)16-9-5-4-8(12(13,14)15)6-10(9)18(20)21/h4-7,16H,1-3H3. The van der Waals surface area contributed by atoms with Gasteiger partial charge in [-0.2, -0.15) is 13.2 Å². The molecule has 1 aromatic rings. The molecule has 0 aromatic heterocycles. The maximum absolute atomic E-state index is 12.6. The molecule has 0 aliphatic heterocycles. The van der Waals surface area contributed by atoms with E-state index in [1.165, 1.54) is 25.9 Å². The Bertz CT molecular complexity index is 558. The van der Waals surface area contributed by atoms with E-state index in [1.807, 2.05) is 0 Å². The first-order valence-electron chi connectivity index (χ1n) is 5.87. The van der Waals surface area contributed by atoms with Gasteiger partial charge >= 0.3 is 6.18 Å². The Morgan fingerprint density at radius 1 is 1.38 bits per heavy atom. The summed E-state index contributed by atoms with van der Waals surface area (Å²) in [6, 6.07) is 1.30. The number of nitro groups is 1. The number of hydrogen-bond acceptors (Lipinski definition) is 4. The summed E-state index contributed by atoms with van der Waals surface area (Å²) >= 11 is 0. The summed E-state index contributed by atoms with van der Waals surface area (Å²) in [6.07, 6.45) is -4.67. The van der Waals surface area contributed by atoms with Crippen LogP contribution in [0.5, 0.6) is 0 Å². The first-order chi connectivity index (χ1) is 9.54. The summed E-state index contributed by atoms with van der Waals surface area (Å²) < 4.78 is 37.7. The number of rotatable bonds is 4. The highest BCUT2D eigenvalue weighted by molar-refractivity contribution is 5.84. The van der Waals surface area contributed by atoms with Crippen molar-refractivity contribution in [1.82, 2.24) is 4.90 Å². The summed E-state index contributed by atoms with van der Waals surface area (Å²) in [7, 11) is 3.00. The molecule has 0 heterocycles. The lowest BCUT2D eigenvalue weighted by Crippen LogP contribution is -2.36. The number of benzene rings is 1. The fourth-order valence-corrected chi connectivity index (χ4v) is 1.66. The van der Waals surface area contributed by atoms with Gasteiger partial charge in [0.1, 0.15) is 11.7 Å². The molecule has 0 radical (unpaired) electrons. The molecule has 1 unspecified atom stereocenters. The molecule has 0 bridgehead atoms. The number of nitrogens with one attached hydrogen (secondary N) is 1. The Morgan fingerprint density at radius 3 is 2.38 bits per heavy atom. The van der Waals surface area contributed by atoms with Crippen molar-refractivity contribution in [3.05, 3.63) is 33.9 Å². The number of amides is 1. The second-order valence-electron chi connectivity index (χ2n) is 4.59. The first-order valence-corrected chi connectivity index (χ1v) is 5.87. The summed E-state index contributed by atoms with van der Waals surface area (Å²) in [5.41, 5.74) is -2.00. The van der Waals surface area contributed by atoms with Gasteiger partial charge in [0.25, 0.3) is 5.69 Å². The summed E-state index contributed by atoms with van der Waals surface area (Å²) in [5, 5.41) is 13.4. The molecule has 1 rings (SSSR count). The SMILES string of the molecule is CC(Nc1ccc(C(F)(F)F)cc1[N+](=O)[O-])C(=O)N(C)C. The molecular weight excluding hydrogens is 291 g/mol. The average Bonchev–Trinajstić information content (AvgIpc) is 2.36. The predicted molar refractivity (Wildman–Crippen MR) is 69.9 cm³/mol. The highest BCUT2D eigenvalue weighted by Gasteiger charge is 2.33. The van der Waals surface area contributed by atoms with Crippen molar-refractivity contribution in [2.45, 2.75) is 19.1 Å². The largest absolute Gasteiger partial charge is 0.416 e. The number of halogens is 3. The minimum absolute atomic E-state index is 0.143. The number of nitrogens with zero attached hydrogens (tertiary/aromatic N) is 2. The van der Waals surface area contributed by atoms with Gasteiger partial charge in [-0.15, -0.1) is 0 Å². The summed E-state index contributed by atoms with van der Waals surface area (Å²) in [6.45, 7) is 1.46. The third-order valence-corrected chi connectivity index (χ3v) is 2.70. The molecule has 21 heavy (non-hydrogen) atoms. The minimum atomic E-state index is -4.67. The van der Waals surface area contributed by atoms with Crippen molar-refractivity contribution in [3.63, 3.8) is 0 Å². The first kappa shape index (κ1) is 16.7. The van der Waals surface area contributed by atoms with Crippen LogP contribution in [-0.2, 0) is 11.0 Å². The van der Waals surface area contributed by atoms with Crippen LogP contribution in [0.15, 0.2) is 18.2 Å². The number of carbonyl (C=O) groups is 1. The molecule has 1 amide bonds. The number of carbonyl (C=O) groups excluding carboxylic acids is 1. The molecule has 1 N–H and O–H groups in total. The monoisotopic (exact) mass is 305 g/mol. The van der Waals surface area contributed by atoms with Crippen molar-refractivity contribution in [2.24, 2.45) is 0 Å². The van der Waals surface area contributed by atoms with Crippen LogP contribution >= 0.6 is 0 Å². The van der Waals surface area contributed by atoms with E-state index < -0.39 is 28.4 Å². The molecule has 0 fully saturated rings. The van der Waals surface area contributed by atoms with E-state index in [-0.39, 0.29) is 11.6 Å². The van der Waals surface area contributed by atoms with E-state index >= 15 is 0 Å². The van der Waals surface area contributed by atoms with Gasteiger partial charge in [-0.05, 0) is 19.1 Å². The zero-order chi connectivity index (χ0) is 16.4. The quantitative estimate of drug-likeness (QED) is 0.685. The fraction of sp³-hybridized carbons (Fsp3) is 0.417. The third-order valence-electron chi connectivity index (χ3n) is 2.70. The smallest absolute Gasteiger partial charge is 0.368 e. The van der Waals surface area contributed by atoms with Gasteiger partial charge in [-0.3, -0.25) is 14.9 Å². The van der Waals surface area contributed by atoms with E-state index in [0.717, 1.165) is 12.1 Å². The number of nitro benzene ring substituents is 1. The van der Waals surface area contributed by atoms with E-state index in [0.29, 0.717) is 6.07 Å². The molecular formula is C12H14F3N3O3. The van der Waals surface area contributed by atoms with Crippen molar-refractivity contribution in [2.75, 3.05) is 19.4 Å². The summed E-state index contributed by atoms with van der Waals surface area (Å²) in [4.78, 5) is 22.9. The number of alkyl halides is 3. The van der Waals surface area contributed by atoms with Crippen LogP contribution in [0.2, 0.25) is 0 Å². The Morgan fingerprint density at radius 2 is 1.95 bits per heavy atom. The van der Waals surface area contributed by atoms with Crippen molar-refractivity contribution < 1.29 is 22.9 Å². The average molecular weight is 305 g/mol. The van der Waals surface area contributed by atoms with Crippen LogP contribution in [0.3, 0.4) is 0 Å². The zero-order valence-electron chi connectivity index (χ0n) is 11.6. The lowest BCUT2D eigenvalue weighted by Gasteiger charge is -2.19. The third kappa shape index (κ3) is 4.07. The molecule has 0 saturated heterocycles. The molecule has 1 atom stereocenters. The topological polar surface area (TPSA) is 75.5 Å². The molecule has 0 spiro atoms. The lowest BCUT2D eigenvalue weighted by atomic mass is 10.1. The molecule has 116 valence electrons. The minimum Gasteiger partial charge on any atom is -0.368 e. The lowest BCUT2D eigenvalue weighted by molar-refractivity contribution is -0.384. The van der Waals surface area contributed by atoms with Gasteiger partial charge in [0.2, 0.25) is 5.91 Å². The molecule has 6 nitrogen and oxygen atoms in total. The predicted octanol–water partition coefficient (Wildman–Crippen LogP) is 2.50. The van der Waals surface area contributed by atoms with Gasteiger partial charge in [0.15, 0.2) is 0 Å². The normalized spacial score (nSPS) is 12.7. The number of hydrogen-bond donors (Lipinski definition) is 1. The molecule has 0 saturated carbocycles. The Balaban J connectivity index is 3.14. The van der Waals surface area contributed by atoms with E-state index in [1.54, 1.807) is 0 Å². The second-order valence-corrected chi connectivity index (χ2v) is 4.59. The zero-order valence-corrected chi connectivity index (χ0v) is 11.6. The van der Waals surface area contributed by atoms with Gasteiger partial charge in [-0.25, -0.2) is 0 Å². The van der Waals surface area contributed by atoms with E-state index in [9.17, 15) is 28.1 Å². The molecule has 1 aromatic carbocycles. The Kier molecular flexibility index (Phi) is 4.77. The van der Waals surface area contributed by atoms with E-state index in [2.05, 4.69) is 5.32 Å². The van der Waals surface area contributed by atoms with Crippen molar-refractivity contribution >= 4 is 17.3 Å². The Hall–Kier alpha value is -2.32. The maximum atomic E-state index is 12.6. The number of likely N-dealkylation sites (N-methyl/N-ethyl adjacent to an activating group) is 1. The van der Waals surface area contributed by atoms with Gasteiger partial charge < -0.3 is 10.2 Å². The molecule has 0 aliphatic carbocycles. The van der Waals surface area contributed by atoms with Crippen LogP contribution in [0.1, 0.15) is 12.5 Å². The molecule has 0 aliphatic rings. The second kappa shape index (κ2) is 5.98. The van der Waals surface area contributed by atoms with Crippen LogP contribution in [0, 0.1) is 10.1 Å². The van der Waals surface area contributed by atoms with Crippen molar-refractivity contribution in [3.8, 4) is 0 Å². The highest BCUT2D eigenvalue weighted by atomic mass is 19.4. The molecule has 9 heteroatoms. The summed E-state index contributed by atoms with van der Waals surface area (Å²) in [5.74, 6) is -0.357. The fourth-order valence-electron chi connectivity index (χ4n) is 1.66. The Labute approximate surface area is 118 Å². The number of anilines is 1. The van der Waals surface area contributed by atoms with Crippen molar-refractivity contribution in [1.29, 1.82) is 0 Å². The van der Waals surface area contributed by atoms with Gasteiger partial charge in [-0.1, -0.05) is 0 Å². The van der Waals surface area contributed by atoms with Crippen LogP contribution in [0.25, 0.3) is 0 Å². The van der Waals surface area contributed by atoms with Crippen LogP contribution in [0.4, 0.5) is 24.5 Å². The van der Waals surface area contributed by atoms with Crippen LogP contribution < -0.4 is 5.32 Å². The van der Waals surface area contributed by atoms with E-state index in [4.69, 9.17) is 0 Å². The maximum Gasteiger partial charge on any atom is 0.416 e. The van der Waals surface area contributed by atoms with Gasteiger partial charge in [0.05, 0.1) is 10.5 Å².